The standard InChI is InChI=1S/C12H16N4O4/c1-12(2,3)20-10(17)7-14-11(18)9-5-4-8(19-9)6-15-16-13/h4-5H,6-7H2,1-3H3,(H,14,18). The minimum absolute atomic E-state index is 0.0237. The first-order valence-corrected chi connectivity index (χ1v) is 5.91. The van der Waals surface area contributed by atoms with E-state index in [0.29, 0.717) is 5.76 Å². The largest absolute Gasteiger partial charge is 0.459 e. The number of nitrogens with zero attached hydrogens (tertiary/aromatic N) is 3. The van der Waals surface area contributed by atoms with Crippen molar-refractivity contribution in [1.82, 2.24) is 5.32 Å². The molecule has 0 unspecified atom stereocenters. The first-order chi connectivity index (χ1) is 9.31. The fraction of sp³-hybridized carbons (Fsp3) is 0.500. The minimum atomic E-state index is -0.602. The minimum Gasteiger partial charge on any atom is -0.459 e. The number of azide groups is 1. The summed E-state index contributed by atoms with van der Waals surface area (Å²) >= 11 is 0. The van der Waals surface area contributed by atoms with E-state index in [2.05, 4.69) is 15.3 Å². The molecule has 0 saturated carbocycles. The molecule has 0 aliphatic heterocycles. The molecule has 0 atom stereocenters. The molecular formula is C12H16N4O4. The molecular weight excluding hydrogens is 264 g/mol. The third kappa shape index (κ3) is 5.45. The summed E-state index contributed by atoms with van der Waals surface area (Å²) in [5.41, 5.74) is 7.57. The number of hydrogen-bond donors (Lipinski definition) is 1. The molecule has 0 saturated heterocycles. The normalized spacial score (nSPS) is 10.6. The van der Waals surface area contributed by atoms with Crippen LogP contribution in [0.15, 0.2) is 21.7 Å². The summed E-state index contributed by atoms with van der Waals surface area (Å²) in [6.45, 7) is 4.99. The molecule has 8 nitrogen and oxygen atoms in total. The van der Waals surface area contributed by atoms with Crippen LogP contribution in [0.3, 0.4) is 0 Å². The number of carbonyl (C=O) groups excluding carboxylic acids is 2. The number of carbonyl (C=O) groups is 2. The zero-order valence-corrected chi connectivity index (χ0v) is 11.5. The van der Waals surface area contributed by atoms with Crippen LogP contribution >= 0.6 is 0 Å². The Hall–Kier alpha value is -2.47. The zero-order chi connectivity index (χ0) is 15.2. The Bertz CT molecular complexity index is 538. The van der Waals surface area contributed by atoms with E-state index in [1.807, 2.05) is 0 Å². The number of ether oxygens (including phenoxy) is 1. The van der Waals surface area contributed by atoms with E-state index in [-0.39, 0.29) is 18.8 Å². The van der Waals surface area contributed by atoms with Crippen LogP contribution in [0.1, 0.15) is 37.1 Å². The van der Waals surface area contributed by atoms with E-state index in [4.69, 9.17) is 14.7 Å². The lowest BCUT2D eigenvalue weighted by Gasteiger charge is -2.19. The molecule has 0 aliphatic rings. The van der Waals surface area contributed by atoms with Gasteiger partial charge in [0.25, 0.3) is 5.91 Å². The third-order valence-electron chi connectivity index (χ3n) is 1.99. The summed E-state index contributed by atoms with van der Waals surface area (Å²) in [7, 11) is 0. The molecule has 0 aliphatic carbocycles. The van der Waals surface area contributed by atoms with Gasteiger partial charge in [-0.1, -0.05) is 5.11 Å². The summed E-state index contributed by atoms with van der Waals surface area (Å²) in [5.74, 6) is -0.670. The van der Waals surface area contributed by atoms with E-state index in [0.717, 1.165) is 0 Å². The quantitative estimate of drug-likeness (QED) is 0.385. The van der Waals surface area contributed by atoms with Crippen LogP contribution in [0, 0.1) is 0 Å². The number of rotatable bonds is 5. The van der Waals surface area contributed by atoms with E-state index >= 15 is 0 Å². The van der Waals surface area contributed by atoms with Gasteiger partial charge in [-0.05, 0) is 38.4 Å². The number of nitrogens with one attached hydrogen (secondary N) is 1. The Morgan fingerprint density at radius 1 is 1.45 bits per heavy atom. The highest BCUT2D eigenvalue weighted by Gasteiger charge is 2.18. The van der Waals surface area contributed by atoms with E-state index < -0.39 is 17.5 Å². The van der Waals surface area contributed by atoms with E-state index in [1.165, 1.54) is 12.1 Å². The van der Waals surface area contributed by atoms with Crippen molar-refractivity contribution in [3.8, 4) is 0 Å². The highest BCUT2D eigenvalue weighted by Crippen LogP contribution is 2.09. The molecule has 0 bridgehead atoms. The third-order valence-corrected chi connectivity index (χ3v) is 1.99. The van der Waals surface area contributed by atoms with Crippen molar-refractivity contribution in [2.45, 2.75) is 32.9 Å². The zero-order valence-electron chi connectivity index (χ0n) is 11.5. The first-order valence-electron chi connectivity index (χ1n) is 5.91. The maximum absolute atomic E-state index is 11.7. The molecule has 1 heterocycles. The highest BCUT2D eigenvalue weighted by atomic mass is 16.6. The Morgan fingerprint density at radius 2 is 2.15 bits per heavy atom. The molecule has 1 N–H and O–H groups in total. The molecule has 0 aromatic carbocycles. The topological polar surface area (TPSA) is 117 Å². The Labute approximate surface area is 115 Å². The number of amides is 1. The van der Waals surface area contributed by atoms with Gasteiger partial charge in [-0.15, -0.1) is 0 Å². The molecule has 1 rings (SSSR count). The van der Waals surface area contributed by atoms with Gasteiger partial charge in [0.05, 0.1) is 6.54 Å². The Kier molecular flexibility index (Phi) is 5.16. The van der Waals surface area contributed by atoms with Gasteiger partial charge in [-0.2, -0.15) is 0 Å². The predicted octanol–water partition coefficient (Wildman–Crippen LogP) is 2.16. The molecule has 0 spiro atoms. The van der Waals surface area contributed by atoms with Crippen LogP contribution in [-0.2, 0) is 16.1 Å². The Balaban J connectivity index is 2.48. The lowest BCUT2D eigenvalue weighted by atomic mass is 10.2. The molecule has 8 heteroatoms. The van der Waals surface area contributed by atoms with E-state index in [9.17, 15) is 9.59 Å². The lowest BCUT2D eigenvalue weighted by Crippen LogP contribution is -2.34. The van der Waals surface area contributed by atoms with Gasteiger partial charge in [0.2, 0.25) is 0 Å². The average molecular weight is 280 g/mol. The summed E-state index contributed by atoms with van der Waals surface area (Å²) in [5, 5.41) is 5.69. The second-order valence-corrected chi connectivity index (χ2v) is 4.92. The predicted molar refractivity (Wildman–Crippen MR) is 69.7 cm³/mol. The van der Waals surface area contributed by atoms with Gasteiger partial charge in [-0.3, -0.25) is 9.59 Å². The number of esters is 1. The van der Waals surface area contributed by atoms with Crippen molar-refractivity contribution in [3.63, 3.8) is 0 Å². The summed E-state index contributed by atoms with van der Waals surface area (Å²) in [4.78, 5) is 25.7. The van der Waals surface area contributed by atoms with E-state index in [1.54, 1.807) is 20.8 Å². The smallest absolute Gasteiger partial charge is 0.325 e. The van der Waals surface area contributed by atoms with Crippen molar-refractivity contribution >= 4 is 11.9 Å². The fourth-order valence-electron chi connectivity index (χ4n) is 1.30. The van der Waals surface area contributed by atoms with Crippen LogP contribution in [0.4, 0.5) is 0 Å². The van der Waals surface area contributed by atoms with Crippen molar-refractivity contribution in [1.29, 1.82) is 0 Å². The summed E-state index contributed by atoms with van der Waals surface area (Å²) in [6.07, 6.45) is 0. The second kappa shape index (κ2) is 6.63. The summed E-state index contributed by atoms with van der Waals surface area (Å²) < 4.78 is 10.2. The van der Waals surface area contributed by atoms with Crippen LogP contribution in [0.2, 0.25) is 0 Å². The fourth-order valence-corrected chi connectivity index (χ4v) is 1.30. The van der Waals surface area contributed by atoms with Crippen LogP contribution < -0.4 is 5.32 Å². The van der Waals surface area contributed by atoms with Gasteiger partial charge in [0.1, 0.15) is 17.9 Å². The SMILES string of the molecule is CC(C)(C)OC(=O)CNC(=O)c1ccc(CN=[N+]=[N-])o1. The van der Waals surface area contributed by atoms with Crippen molar-refractivity contribution < 1.29 is 18.7 Å². The molecule has 0 radical (unpaired) electrons. The second-order valence-electron chi connectivity index (χ2n) is 4.92. The van der Waals surface area contributed by atoms with Gasteiger partial charge < -0.3 is 14.5 Å². The summed E-state index contributed by atoms with van der Waals surface area (Å²) in [6, 6.07) is 2.96. The monoisotopic (exact) mass is 280 g/mol. The maximum Gasteiger partial charge on any atom is 0.325 e. The Morgan fingerprint density at radius 3 is 2.75 bits per heavy atom. The van der Waals surface area contributed by atoms with Crippen molar-refractivity contribution in [2.75, 3.05) is 6.54 Å². The molecule has 108 valence electrons. The number of furan rings is 1. The van der Waals surface area contributed by atoms with Crippen LogP contribution in [-0.4, -0.2) is 24.0 Å². The first kappa shape index (κ1) is 15.6. The van der Waals surface area contributed by atoms with Crippen LogP contribution in [0.25, 0.3) is 10.4 Å². The molecule has 20 heavy (non-hydrogen) atoms. The van der Waals surface area contributed by atoms with Crippen LogP contribution in [0.5, 0.6) is 0 Å². The maximum atomic E-state index is 11.7. The molecule has 1 aromatic heterocycles. The van der Waals surface area contributed by atoms with Crippen molar-refractivity contribution in [2.24, 2.45) is 5.11 Å². The number of hydrogen-bond acceptors (Lipinski definition) is 5. The highest BCUT2D eigenvalue weighted by molar-refractivity contribution is 5.93. The van der Waals surface area contributed by atoms with Gasteiger partial charge >= 0.3 is 5.97 Å². The average Bonchev–Trinajstić information content (AvgIpc) is 2.80. The van der Waals surface area contributed by atoms with Gasteiger partial charge in [0, 0.05) is 4.91 Å². The molecule has 1 amide bonds. The van der Waals surface area contributed by atoms with Crippen molar-refractivity contribution in [3.05, 3.63) is 34.1 Å². The molecule has 0 fully saturated rings. The van der Waals surface area contributed by atoms with Gasteiger partial charge in [0.15, 0.2) is 5.76 Å². The molecule has 1 aromatic rings. The van der Waals surface area contributed by atoms with Gasteiger partial charge in [-0.25, -0.2) is 0 Å². The lowest BCUT2D eigenvalue weighted by molar-refractivity contribution is -0.153.